The number of hydrogen-bond acceptors (Lipinski definition) is 6. The van der Waals surface area contributed by atoms with Gasteiger partial charge in [-0.15, -0.1) is 0 Å². The quantitative estimate of drug-likeness (QED) is 0.444. The van der Waals surface area contributed by atoms with Crippen LogP contribution in [0.5, 0.6) is 0 Å². The fraction of sp³-hybridized carbons (Fsp3) is 0.273. The first kappa shape index (κ1) is 20.9. The topological polar surface area (TPSA) is 97.0 Å². The maximum atomic E-state index is 13.1. The van der Waals surface area contributed by atoms with Gasteiger partial charge in [-0.1, -0.05) is 23.9 Å². The molecule has 0 bridgehead atoms. The van der Waals surface area contributed by atoms with Gasteiger partial charge in [-0.25, -0.2) is 9.97 Å². The number of nitrogens with zero attached hydrogens (tertiary/aromatic N) is 4. The van der Waals surface area contributed by atoms with Crippen molar-refractivity contribution in [1.82, 2.24) is 24.4 Å². The van der Waals surface area contributed by atoms with Crippen LogP contribution in [0.25, 0.3) is 10.9 Å². The number of thioether (sulfide) groups is 1. The summed E-state index contributed by atoms with van der Waals surface area (Å²) in [6.45, 7) is 4.00. The molecule has 3 aromatic heterocycles. The number of aromatic amines is 1. The van der Waals surface area contributed by atoms with Crippen molar-refractivity contribution in [3.05, 3.63) is 76.5 Å². The van der Waals surface area contributed by atoms with Gasteiger partial charge >= 0.3 is 0 Å². The van der Waals surface area contributed by atoms with Crippen LogP contribution < -0.4 is 5.56 Å². The van der Waals surface area contributed by atoms with Crippen molar-refractivity contribution in [2.45, 2.75) is 37.3 Å². The molecule has 160 valence electrons. The molecule has 0 saturated heterocycles. The summed E-state index contributed by atoms with van der Waals surface area (Å²) in [5, 5.41) is 1.40. The summed E-state index contributed by atoms with van der Waals surface area (Å²) in [6.07, 6.45) is 3.62. The first-order valence-corrected chi connectivity index (χ1v) is 10.9. The zero-order chi connectivity index (χ0) is 22.0. The van der Waals surface area contributed by atoms with Crippen LogP contribution >= 0.6 is 11.8 Å². The summed E-state index contributed by atoms with van der Waals surface area (Å²) < 4.78 is 7.73. The molecule has 0 fully saturated rings. The van der Waals surface area contributed by atoms with Crippen LogP contribution in [0.3, 0.4) is 0 Å². The molecule has 9 heteroatoms. The van der Waals surface area contributed by atoms with Crippen molar-refractivity contribution >= 4 is 28.6 Å². The van der Waals surface area contributed by atoms with Gasteiger partial charge in [0, 0.05) is 25.5 Å². The summed E-state index contributed by atoms with van der Waals surface area (Å²) >= 11 is 1.54. The Labute approximate surface area is 183 Å². The summed E-state index contributed by atoms with van der Waals surface area (Å²) in [6, 6.07) is 10.5. The lowest BCUT2D eigenvalue weighted by molar-refractivity contribution is 0.0650. The average Bonchev–Trinajstić information content (AvgIpc) is 3.38. The van der Waals surface area contributed by atoms with Crippen LogP contribution in [0.2, 0.25) is 0 Å². The van der Waals surface area contributed by atoms with Gasteiger partial charge in [0.2, 0.25) is 0 Å². The number of aryl methyl sites for hydroxylation is 1. The minimum absolute atomic E-state index is 0.111. The van der Waals surface area contributed by atoms with Crippen molar-refractivity contribution < 1.29 is 9.21 Å². The number of imidazole rings is 1. The smallest absolute Gasteiger partial charge is 0.290 e. The monoisotopic (exact) mass is 437 g/mol. The van der Waals surface area contributed by atoms with E-state index in [1.165, 1.54) is 11.8 Å². The van der Waals surface area contributed by atoms with E-state index in [-0.39, 0.29) is 29.8 Å². The van der Waals surface area contributed by atoms with Crippen molar-refractivity contribution in [2.75, 3.05) is 0 Å². The fourth-order valence-electron chi connectivity index (χ4n) is 3.20. The lowest BCUT2D eigenvalue weighted by Gasteiger charge is -2.25. The van der Waals surface area contributed by atoms with E-state index in [1.54, 1.807) is 41.4 Å². The van der Waals surface area contributed by atoms with E-state index >= 15 is 0 Å². The Bertz CT molecular complexity index is 1270. The van der Waals surface area contributed by atoms with Gasteiger partial charge in [0.25, 0.3) is 11.5 Å². The Morgan fingerprint density at radius 3 is 2.81 bits per heavy atom. The molecule has 1 N–H and O–H groups in total. The minimum Gasteiger partial charge on any atom is -0.455 e. The standard InChI is InChI=1S/C22H23N5O3S/c1-14(2)27(12-19-24-17-7-5-4-6-16(17)20(28)25-19)21(29)18-9-8-15(30-18)13-31-22-23-10-11-26(22)3/h4-11,14H,12-13H2,1-3H3,(H,24,25,28). The largest absolute Gasteiger partial charge is 0.455 e. The molecule has 3 heterocycles. The zero-order valence-electron chi connectivity index (χ0n) is 17.5. The molecule has 0 atom stereocenters. The van der Waals surface area contributed by atoms with E-state index in [9.17, 15) is 9.59 Å². The molecular formula is C22H23N5O3S. The van der Waals surface area contributed by atoms with Crippen LogP contribution in [0, 0.1) is 0 Å². The van der Waals surface area contributed by atoms with E-state index in [0.29, 0.717) is 28.2 Å². The Balaban J connectivity index is 1.51. The normalized spacial score (nSPS) is 11.4. The number of amides is 1. The van der Waals surface area contributed by atoms with Crippen molar-refractivity contribution in [3.8, 4) is 0 Å². The van der Waals surface area contributed by atoms with Gasteiger partial charge < -0.3 is 18.9 Å². The minimum atomic E-state index is -0.251. The molecule has 1 aromatic carbocycles. The third-order valence-corrected chi connectivity index (χ3v) is 5.94. The molecule has 0 aliphatic rings. The van der Waals surface area contributed by atoms with E-state index in [0.717, 1.165) is 5.16 Å². The van der Waals surface area contributed by atoms with Crippen molar-refractivity contribution in [2.24, 2.45) is 7.05 Å². The molecule has 0 unspecified atom stereocenters. The predicted molar refractivity (Wildman–Crippen MR) is 119 cm³/mol. The number of fused-ring (bicyclic) bond motifs is 1. The van der Waals surface area contributed by atoms with Crippen molar-refractivity contribution in [1.29, 1.82) is 0 Å². The van der Waals surface area contributed by atoms with Gasteiger partial charge in [0.1, 0.15) is 11.6 Å². The number of rotatable bonds is 7. The predicted octanol–water partition coefficient (Wildman–Crippen LogP) is 3.59. The van der Waals surface area contributed by atoms with Crippen LogP contribution in [0.15, 0.2) is 63.2 Å². The summed E-state index contributed by atoms with van der Waals surface area (Å²) in [7, 11) is 1.93. The molecule has 8 nitrogen and oxygen atoms in total. The van der Waals surface area contributed by atoms with Crippen LogP contribution in [-0.4, -0.2) is 36.4 Å². The third kappa shape index (κ3) is 4.56. The summed E-state index contributed by atoms with van der Waals surface area (Å²) in [4.78, 5) is 38.7. The number of carbonyl (C=O) groups is 1. The maximum absolute atomic E-state index is 13.1. The van der Waals surface area contributed by atoms with Crippen LogP contribution in [-0.2, 0) is 19.3 Å². The number of carbonyl (C=O) groups excluding carboxylic acids is 1. The van der Waals surface area contributed by atoms with E-state index in [1.807, 2.05) is 37.7 Å². The molecule has 0 saturated carbocycles. The van der Waals surface area contributed by atoms with E-state index in [4.69, 9.17) is 4.42 Å². The molecular weight excluding hydrogens is 414 g/mol. The van der Waals surface area contributed by atoms with Gasteiger partial charge in [-0.2, -0.15) is 0 Å². The molecule has 0 aliphatic heterocycles. The first-order valence-electron chi connectivity index (χ1n) is 9.90. The van der Waals surface area contributed by atoms with E-state index in [2.05, 4.69) is 15.0 Å². The van der Waals surface area contributed by atoms with Gasteiger partial charge in [0.15, 0.2) is 10.9 Å². The second kappa shape index (κ2) is 8.81. The van der Waals surface area contributed by atoms with Gasteiger partial charge in [0.05, 0.1) is 23.2 Å². The van der Waals surface area contributed by atoms with Gasteiger partial charge in [-0.3, -0.25) is 9.59 Å². The fourth-order valence-corrected chi connectivity index (χ4v) is 4.03. The highest BCUT2D eigenvalue weighted by Gasteiger charge is 2.23. The van der Waals surface area contributed by atoms with Crippen LogP contribution in [0.4, 0.5) is 0 Å². The Hall–Kier alpha value is -3.33. The van der Waals surface area contributed by atoms with Gasteiger partial charge in [-0.05, 0) is 38.1 Å². The number of furan rings is 1. The van der Waals surface area contributed by atoms with E-state index < -0.39 is 0 Å². The second-order valence-corrected chi connectivity index (χ2v) is 8.37. The highest BCUT2D eigenvalue weighted by molar-refractivity contribution is 7.98. The molecule has 0 radical (unpaired) electrons. The number of nitrogens with one attached hydrogen (secondary N) is 1. The van der Waals surface area contributed by atoms with Crippen molar-refractivity contribution in [3.63, 3.8) is 0 Å². The number of aromatic nitrogens is 4. The molecule has 31 heavy (non-hydrogen) atoms. The molecule has 4 aromatic rings. The average molecular weight is 438 g/mol. The number of H-pyrrole nitrogens is 1. The number of hydrogen-bond donors (Lipinski definition) is 1. The molecule has 4 rings (SSSR count). The summed E-state index contributed by atoms with van der Waals surface area (Å²) in [5.41, 5.74) is 0.382. The second-order valence-electron chi connectivity index (χ2n) is 7.43. The third-order valence-electron chi connectivity index (χ3n) is 4.86. The highest BCUT2D eigenvalue weighted by Crippen LogP contribution is 2.23. The lowest BCUT2D eigenvalue weighted by atomic mass is 10.2. The molecule has 0 spiro atoms. The Morgan fingerprint density at radius 2 is 2.06 bits per heavy atom. The number of para-hydroxylation sites is 1. The maximum Gasteiger partial charge on any atom is 0.290 e. The first-order chi connectivity index (χ1) is 14.9. The Morgan fingerprint density at radius 1 is 1.26 bits per heavy atom. The highest BCUT2D eigenvalue weighted by atomic mass is 32.2. The van der Waals surface area contributed by atoms with Crippen LogP contribution in [0.1, 0.15) is 36.0 Å². The summed E-state index contributed by atoms with van der Waals surface area (Å²) in [5.74, 6) is 1.70. The SMILES string of the molecule is CC(C)N(Cc1nc2ccccc2c(=O)[nH]1)C(=O)c1ccc(CSc2nccn2C)o1. The lowest BCUT2D eigenvalue weighted by Crippen LogP contribution is -2.37. The Kier molecular flexibility index (Phi) is 5.94. The molecule has 0 aliphatic carbocycles. The number of benzene rings is 1. The zero-order valence-corrected chi connectivity index (χ0v) is 18.3. The molecule has 1 amide bonds.